The minimum absolute atomic E-state index is 0.204. The minimum atomic E-state index is -0.847. The van der Waals surface area contributed by atoms with E-state index in [1.165, 1.54) is 17.8 Å². The second kappa shape index (κ2) is 6.75. The fourth-order valence-corrected chi connectivity index (χ4v) is 2.50. The molecule has 4 nitrogen and oxygen atoms in total. The molecule has 2 rings (SSSR count). The molecule has 112 valence electrons. The average Bonchev–Trinajstić information content (AvgIpc) is 2.78. The van der Waals surface area contributed by atoms with Crippen LogP contribution in [0.25, 0.3) is 5.69 Å². The Hall–Kier alpha value is -0.460. The molecular formula is C12H7BrCl4N2O2. The molecule has 1 atom stereocenters. The van der Waals surface area contributed by atoms with Crippen molar-refractivity contribution < 1.29 is 9.53 Å². The summed E-state index contributed by atoms with van der Waals surface area (Å²) in [5.41, 5.74) is 0.459. The van der Waals surface area contributed by atoms with Crippen LogP contribution >= 0.6 is 62.3 Å². The topological polar surface area (TPSA) is 44.1 Å². The van der Waals surface area contributed by atoms with E-state index in [1.54, 1.807) is 12.1 Å². The molecule has 0 radical (unpaired) electrons. The van der Waals surface area contributed by atoms with Crippen molar-refractivity contribution >= 4 is 67.6 Å². The Morgan fingerprint density at radius 2 is 2.00 bits per heavy atom. The third kappa shape index (κ3) is 3.48. The first-order valence-corrected chi connectivity index (χ1v) is 7.86. The number of ether oxygens (including phenoxy) is 1. The number of carbonyl (C=O) groups excluding carboxylic acids is 1. The standard InChI is InChI=1S/C12H7BrCl4N2O2/c1-5(11(17)20)21-12-6(13)4-18-19(12)8-3-2-7(14)9(15)10(8)16/h2-5H,1H3. The summed E-state index contributed by atoms with van der Waals surface area (Å²) in [6, 6.07) is 3.22. The van der Waals surface area contributed by atoms with Gasteiger partial charge < -0.3 is 4.74 Å². The van der Waals surface area contributed by atoms with Gasteiger partial charge in [-0.3, -0.25) is 4.79 Å². The second-order valence-electron chi connectivity index (χ2n) is 3.97. The molecule has 1 aromatic heterocycles. The van der Waals surface area contributed by atoms with Gasteiger partial charge in [0.05, 0.1) is 31.4 Å². The van der Waals surface area contributed by atoms with Crippen LogP contribution in [0.1, 0.15) is 6.92 Å². The highest BCUT2D eigenvalue weighted by atomic mass is 79.9. The van der Waals surface area contributed by atoms with Gasteiger partial charge in [0.25, 0.3) is 5.24 Å². The molecule has 0 saturated carbocycles. The summed E-state index contributed by atoms with van der Waals surface area (Å²) in [7, 11) is 0. The van der Waals surface area contributed by atoms with E-state index in [9.17, 15) is 4.79 Å². The largest absolute Gasteiger partial charge is 0.464 e. The van der Waals surface area contributed by atoms with Crippen molar-refractivity contribution in [3.05, 3.63) is 37.9 Å². The number of rotatable bonds is 4. The lowest BCUT2D eigenvalue weighted by atomic mass is 10.3. The van der Waals surface area contributed by atoms with E-state index in [1.807, 2.05) is 0 Å². The number of benzene rings is 1. The molecule has 0 bridgehead atoms. The quantitative estimate of drug-likeness (QED) is 0.497. The van der Waals surface area contributed by atoms with Crippen molar-refractivity contribution in [2.45, 2.75) is 13.0 Å². The maximum absolute atomic E-state index is 11.1. The molecule has 0 spiro atoms. The summed E-state index contributed by atoms with van der Waals surface area (Å²) in [6.45, 7) is 1.52. The molecule has 0 fully saturated rings. The van der Waals surface area contributed by atoms with E-state index in [4.69, 9.17) is 51.1 Å². The zero-order valence-electron chi connectivity index (χ0n) is 10.4. The Balaban J connectivity index is 2.51. The average molecular weight is 433 g/mol. The van der Waals surface area contributed by atoms with Crippen LogP contribution < -0.4 is 4.74 Å². The summed E-state index contributed by atoms with van der Waals surface area (Å²) in [5, 5.41) is 4.25. The van der Waals surface area contributed by atoms with Gasteiger partial charge in [-0.05, 0) is 46.6 Å². The third-order valence-electron chi connectivity index (χ3n) is 2.53. The summed E-state index contributed by atoms with van der Waals surface area (Å²) in [6.07, 6.45) is 0.652. The van der Waals surface area contributed by atoms with E-state index in [0.717, 1.165) is 0 Å². The predicted octanol–water partition coefficient (Wildman–Crippen LogP) is 5.13. The van der Waals surface area contributed by atoms with Gasteiger partial charge in [-0.1, -0.05) is 34.8 Å². The van der Waals surface area contributed by atoms with E-state index in [0.29, 0.717) is 15.2 Å². The van der Waals surface area contributed by atoms with Gasteiger partial charge in [0.15, 0.2) is 6.10 Å². The molecule has 0 amide bonds. The first-order valence-electron chi connectivity index (χ1n) is 5.56. The molecule has 0 saturated heterocycles. The Bertz CT molecular complexity index is 705. The highest BCUT2D eigenvalue weighted by Gasteiger charge is 2.21. The molecule has 1 aromatic carbocycles. The third-order valence-corrected chi connectivity index (χ3v) is 4.67. The van der Waals surface area contributed by atoms with Crippen molar-refractivity contribution in [3.8, 4) is 11.6 Å². The van der Waals surface area contributed by atoms with Crippen LogP contribution in [0.5, 0.6) is 5.88 Å². The summed E-state index contributed by atoms with van der Waals surface area (Å²) in [5.74, 6) is 0.275. The SMILES string of the molecule is CC(Oc1c(Br)cnn1-c1ccc(Cl)c(Cl)c1Cl)C(=O)Cl. The van der Waals surface area contributed by atoms with Gasteiger partial charge in [-0.15, -0.1) is 0 Å². The molecule has 2 aromatic rings. The Morgan fingerprint density at radius 1 is 1.33 bits per heavy atom. The predicted molar refractivity (Wildman–Crippen MR) is 87.2 cm³/mol. The van der Waals surface area contributed by atoms with Gasteiger partial charge >= 0.3 is 0 Å². The first-order chi connectivity index (χ1) is 9.82. The van der Waals surface area contributed by atoms with E-state index < -0.39 is 11.3 Å². The Morgan fingerprint density at radius 3 is 2.62 bits per heavy atom. The van der Waals surface area contributed by atoms with E-state index in [2.05, 4.69) is 21.0 Å². The molecule has 0 aliphatic heterocycles. The van der Waals surface area contributed by atoms with Crippen molar-refractivity contribution in [2.75, 3.05) is 0 Å². The fraction of sp³-hybridized carbons (Fsp3) is 0.167. The van der Waals surface area contributed by atoms with E-state index >= 15 is 0 Å². The van der Waals surface area contributed by atoms with Crippen LogP contribution in [-0.4, -0.2) is 21.1 Å². The van der Waals surface area contributed by atoms with Gasteiger partial charge in [-0.2, -0.15) is 9.78 Å². The number of carbonyl (C=O) groups is 1. The highest BCUT2D eigenvalue weighted by Crippen LogP contribution is 2.37. The molecule has 21 heavy (non-hydrogen) atoms. The van der Waals surface area contributed by atoms with Crippen LogP contribution in [0, 0.1) is 0 Å². The normalized spacial score (nSPS) is 12.3. The van der Waals surface area contributed by atoms with Gasteiger partial charge in [0.1, 0.15) is 0 Å². The molecule has 1 heterocycles. The van der Waals surface area contributed by atoms with Gasteiger partial charge in [0, 0.05) is 0 Å². The smallest absolute Gasteiger partial charge is 0.262 e. The molecule has 0 aliphatic carbocycles. The highest BCUT2D eigenvalue weighted by molar-refractivity contribution is 9.10. The number of aromatic nitrogens is 2. The van der Waals surface area contributed by atoms with Crippen molar-refractivity contribution in [3.63, 3.8) is 0 Å². The van der Waals surface area contributed by atoms with Gasteiger partial charge in [0.2, 0.25) is 5.88 Å². The van der Waals surface area contributed by atoms with Crippen LogP contribution in [0.3, 0.4) is 0 Å². The zero-order valence-corrected chi connectivity index (χ0v) is 15.0. The van der Waals surface area contributed by atoms with Crippen LogP contribution in [-0.2, 0) is 4.79 Å². The van der Waals surface area contributed by atoms with Crippen LogP contribution in [0.15, 0.2) is 22.8 Å². The lowest BCUT2D eigenvalue weighted by Crippen LogP contribution is -2.20. The molecule has 0 N–H and O–H groups in total. The summed E-state index contributed by atoms with van der Waals surface area (Å²) < 4.78 is 7.42. The first kappa shape index (κ1) is 16.9. The number of hydrogen-bond acceptors (Lipinski definition) is 3. The van der Waals surface area contributed by atoms with Gasteiger partial charge in [-0.25, -0.2) is 0 Å². The monoisotopic (exact) mass is 430 g/mol. The molecular weight excluding hydrogens is 426 g/mol. The van der Waals surface area contributed by atoms with Crippen molar-refractivity contribution in [2.24, 2.45) is 0 Å². The van der Waals surface area contributed by atoms with E-state index in [-0.39, 0.29) is 15.9 Å². The Labute approximate surface area is 149 Å². The summed E-state index contributed by atoms with van der Waals surface area (Å²) in [4.78, 5) is 11.1. The maximum Gasteiger partial charge on any atom is 0.262 e. The van der Waals surface area contributed by atoms with Crippen molar-refractivity contribution in [1.82, 2.24) is 9.78 Å². The summed E-state index contributed by atoms with van der Waals surface area (Å²) >= 11 is 26.8. The molecule has 9 heteroatoms. The Kier molecular flexibility index (Phi) is 5.43. The van der Waals surface area contributed by atoms with Crippen LogP contribution in [0.2, 0.25) is 15.1 Å². The van der Waals surface area contributed by atoms with Crippen LogP contribution in [0.4, 0.5) is 0 Å². The second-order valence-corrected chi connectivity index (χ2v) is 6.36. The minimum Gasteiger partial charge on any atom is -0.464 e. The maximum atomic E-state index is 11.1. The lowest BCUT2D eigenvalue weighted by molar-refractivity contribution is -0.117. The van der Waals surface area contributed by atoms with Crippen molar-refractivity contribution in [1.29, 1.82) is 0 Å². The number of halogens is 5. The lowest BCUT2D eigenvalue weighted by Gasteiger charge is -2.14. The zero-order chi connectivity index (χ0) is 15.7. The fourth-order valence-electron chi connectivity index (χ4n) is 1.49. The molecule has 1 unspecified atom stereocenters. The number of hydrogen-bond donors (Lipinski definition) is 0. The molecule has 0 aliphatic rings. The number of nitrogens with zero attached hydrogens (tertiary/aromatic N) is 2.